The van der Waals surface area contributed by atoms with Crippen LogP contribution in [0.3, 0.4) is 0 Å². The third kappa shape index (κ3) is 4.22. The van der Waals surface area contributed by atoms with Crippen LogP contribution in [0.4, 0.5) is 15.8 Å². The Hall–Kier alpha value is -3.00. The van der Waals surface area contributed by atoms with E-state index in [1.807, 2.05) is 4.90 Å². The van der Waals surface area contributed by atoms with E-state index in [2.05, 4.69) is 0 Å². The van der Waals surface area contributed by atoms with Crippen LogP contribution in [-0.2, 0) is 11.3 Å². The van der Waals surface area contributed by atoms with Gasteiger partial charge in [-0.1, -0.05) is 18.2 Å². The zero-order valence-electron chi connectivity index (χ0n) is 14.9. The van der Waals surface area contributed by atoms with Crippen molar-refractivity contribution in [1.82, 2.24) is 4.90 Å². The second-order valence-corrected chi connectivity index (χ2v) is 6.31. The van der Waals surface area contributed by atoms with Crippen molar-refractivity contribution in [2.24, 2.45) is 0 Å². The molecule has 1 fully saturated rings. The van der Waals surface area contributed by atoms with E-state index in [9.17, 15) is 19.3 Å². The summed E-state index contributed by atoms with van der Waals surface area (Å²) in [5.74, 6) is -0.798. The number of anilines is 1. The van der Waals surface area contributed by atoms with Crippen molar-refractivity contribution in [2.75, 3.05) is 38.3 Å². The Morgan fingerprint density at radius 3 is 2.63 bits per heavy atom. The van der Waals surface area contributed by atoms with E-state index >= 15 is 0 Å². The van der Waals surface area contributed by atoms with Gasteiger partial charge in [0.15, 0.2) is 0 Å². The lowest BCUT2D eigenvalue weighted by atomic mass is 10.1. The minimum atomic E-state index is -0.531. The zero-order chi connectivity index (χ0) is 19.4. The van der Waals surface area contributed by atoms with E-state index in [4.69, 9.17) is 4.74 Å². The first kappa shape index (κ1) is 18.8. The lowest BCUT2D eigenvalue weighted by Crippen LogP contribution is -2.38. The number of halogens is 1. The van der Waals surface area contributed by atoms with Crippen LogP contribution in [0.25, 0.3) is 0 Å². The zero-order valence-corrected chi connectivity index (χ0v) is 14.9. The molecular formula is C19H20FN3O4. The second kappa shape index (κ2) is 8.13. The molecule has 1 aliphatic heterocycles. The van der Waals surface area contributed by atoms with E-state index in [0.717, 1.165) is 0 Å². The molecule has 27 heavy (non-hydrogen) atoms. The maximum atomic E-state index is 13.9. The number of morpholine rings is 1. The summed E-state index contributed by atoms with van der Waals surface area (Å²) in [6.45, 7) is 2.30. The first-order valence-corrected chi connectivity index (χ1v) is 8.57. The van der Waals surface area contributed by atoms with Gasteiger partial charge in [0.25, 0.3) is 11.6 Å². The van der Waals surface area contributed by atoms with Crippen LogP contribution >= 0.6 is 0 Å². The van der Waals surface area contributed by atoms with Gasteiger partial charge in [-0.05, 0) is 12.1 Å². The van der Waals surface area contributed by atoms with Crippen molar-refractivity contribution in [2.45, 2.75) is 6.54 Å². The van der Waals surface area contributed by atoms with Gasteiger partial charge in [-0.2, -0.15) is 0 Å². The first-order chi connectivity index (χ1) is 13.0. The third-order valence-electron chi connectivity index (χ3n) is 4.49. The quantitative estimate of drug-likeness (QED) is 0.595. The minimum absolute atomic E-state index is 0.0662. The van der Waals surface area contributed by atoms with Crippen molar-refractivity contribution in [1.29, 1.82) is 0 Å². The Labute approximate surface area is 156 Å². The van der Waals surface area contributed by atoms with E-state index in [0.29, 0.717) is 37.6 Å². The number of nitrogens with zero attached hydrogens (tertiary/aromatic N) is 3. The topological polar surface area (TPSA) is 75.9 Å². The van der Waals surface area contributed by atoms with Crippen LogP contribution in [0.5, 0.6) is 0 Å². The van der Waals surface area contributed by atoms with Crippen LogP contribution in [-0.4, -0.2) is 49.1 Å². The summed E-state index contributed by atoms with van der Waals surface area (Å²) in [5.41, 5.74) is 1.07. The Morgan fingerprint density at radius 1 is 1.26 bits per heavy atom. The summed E-state index contributed by atoms with van der Waals surface area (Å²) in [7, 11) is 1.55. The maximum absolute atomic E-state index is 13.9. The number of carbonyl (C=O) groups excluding carboxylic acids is 1. The molecule has 0 unspecified atom stereocenters. The summed E-state index contributed by atoms with van der Waals surface area (Å²) in [6, 6.07) is 10.5. The number of benzene rings is 2. The number of hydrogen-bond donors (Lipinski definition) is 0. The summed E-state index contributed by atoms with van der Waals surface area (Å²) in [6.07, 6.45) is 0. The lowest BCUT2D eigenvalue weighted by molar-refractivity contribution is -0.384. The largest absolute Gasteiger partial charge is 0.378 e. The average Bonchev–Trinajstić information content (AvgIpc) is 2.69. The molecule has 8 heteroatoms. The Bertz CT molecular complexity index is 853. The number of nitro benzene ring substituents is 1. The highest BCUT2D eigenvalue weighted by atomic mass is 19.1. The normalized spacial score (nSPS) is 14.1. The fraction of sp³-hybridized carbons (Fsp3) is 0.316. The molecule has 3 rings (SSSR count). The number of rotatable bonds is 5. The summed E-state index contributed by atoms with van der Waals surface area (Å²) in [4.78, 5) is 27.0. The highest BCUT2D eigenvalue weighted by Gasteiger charge is 2.24. The molecule has 0 N–H and O–H groups in total. The Balaban J connectivity index is 1.92. The highest BCUT2D eigenvalue weighted by Crippen LogP contribution is 2.28. The fourth-order valence-electron chi connectivity index (χ4n) is 3.05. The van der Waals surface area contributed by atoms with Crippen LogP contribution in [0, 0.1) is 15.9 Å². The van der Waals surface area contributed by atoms with Crippen molar-refractivity contribution in [3.8, 4) is 0 Å². The Morgan fingerprint density at radius 2 is 1.96 bits per heavy atom. The number of nitro groups is 1. The van der Waals surface area contributed by atoms with Gasteiger partial charge in [0.05, 0.1) is 29.4 Å². The molecule has 0 aliphatic carbocycles. The van der Waals surface area contributed by atoms with Gasteiger partial charge < -0.3 is 14.5 Å². The van der Waals surface area contributed by atoms with Crippen LogP contribution in [0.2, 0.25) is 0 Å². The van der Waals surface area contributed by atoms with Gasteiger partial charge >= 0.3 is 0 Å². The summed E-state index contributed by atoms with van der Waals surface area (Å²) < 4.78 is 19.2. The van der Waals surface area contributed by atoms with E-state index < -0.39 is 16.6 Å². The molecule has 0 spiro atoms. The molecule has 0 atom stereocenters. The van der Waals surface area contributed by atoms with Crippen molar-refractivity contribution >= 4 is 17.3 Å². The SMILES string of the molecule is CN(Cc1ccccc1F)C(=O)c1cc([N+](=O)[O-])ccc1N1CCOCC1. The standard InChI is InChI=1S/C19H20FN3O4/c1-21(13-14-4-2-3-5-17(14)20)19(24)16-12-15(23(25)26)6-7-18(16)22-8-10-27-11-9-22/h2-7,12H,8-11,13H2,1H3. The van der Waals surface area contributed by atoms with Crippen LogP contribution in [0.15, 0.2) is 42.5 Å². The Kier molecular flexibility index (Phi) is 5.66. The lowest BCUT2D eigenvalue weighted by Gasteiger charge is -2.31. The molecular weight excluding hydrogens is 353 g/mol. The minimum Gasteiger partial charge on any atom is -0.378 e. The predicted octanol–water partition coefficient (Wildman–Crippen LogP) is 2.84. The summed E-state index contributed by atoms with van der Waals surface area (Å²) in [5, 5.41) is 11.2. The smallest absolute Gasteiger partial charge is 0.270 e. The molecule has 0 bridgehead atoms. The number of carbonyl (C=O) groups is 1. The highest BCUT2D eigenvalue weighted by molar-refractivity contribution is 6.00. The molecule has 0 radical (unpaired) electrons. The second-order valence-electron chi connectivity index (χ2n) is 6.31. The van der Waals surface area contributed by atoms with Crippen molar-refractivity contribution < 1.29 is 18.8 Å². The molecule has 2 aromatic carbocycles. The van der Waals surface area contributed by atoms with Gasteiger partial charge in [0.1, 0.15) is 5.82 Å². The molecule has 1 aliphatic rings. The number of ether oxygens (including phenoxy) is 1. The first-order valence-electron chi connectivity index (χ1n) is 8.57. The number of hydrogen-bond acceptors (Lipinski definition) is 5. The summed E-state index contributed by atoms with van der Waals surface area (Å²) >= 11 is 0. The molecule has 0 aromatic heterocycles. The van der Waals surface area contributed by atoms with Gasteiger partial charge in [-0.15, -0.1) is 0 Å². The number of non-ortho nitro benzene ring substituents is 1. The molecule has 0 saturated carbocycles. The maximum Gasteiger partial charge on any atom is 0.270 e. The molecule has 2 aromatic rings. The van der Waals surface area contributed by atoms with Crippen molar-refractivity contribution in [3.63, 3.8) is 0 Å². The molecule has 142 valence electrons. The van der Waals surface area contributed by atoms with E-state index in [1.54, 1.807) is 31.3 Å². The van der Waals surface area contributed by atoms with Gasteiger partial charge in [0, 0.05) is 44.4 Å². The van der Waals surface area contributed by atoms with E-state index in [-0.39, 0.29) is 17.8 Å². The molecule has 1 heterocycles. The fourth-order valence-corrected chi connectivity index (χ4v) is 3.05. The monoisotopic (exact) mass is 373 g/mol. The van der Waals surface area contributed by atoms with Gasteiger partial charge in [-0.3, -0.25) is 14.9 Å². The van der Waals surface area contributed by atoms with E-state index in [1.165, 1.54) is 23.1 Å². The predicted molar refractivity (Wildman–Crippen MR) is 98.3 cm³/mol. The van der Waals surface area contributed by atoms with Gasteiger partial charge in [0.2, 0.25) is 0 Å². The van der Waals surface area contributed by atoms with Gasteiger partial charge in [-0.25, -0.2) is 4.39 Å². The number of amides is 1. The molecule has 7 nitrogen and oxygen atoms in total. The molecule has 1 saturated heterocycles. The average molecular weight is 373 g/mol. The third-order valence-corrected chi connectivity index (χ3v) is 4.49. The van der Waals surface area contributed by atoms with Crippen LogP contribution < -0.4 is 4.90 Å². The van der Waals surface area contributed by atoms with Crippen molar-refractivity contribution in [3.05, 3.63) is 69.5 Å². The van der Waals surface area contributed by atoms with Crippen LogP contribution in [0.1, 0.15) is 15.9 Å². The molecule has 1 amide bonds.